The van der Waals surface area contributed by atoms with Crippen LogP contribution in [0.2, 0.25) is 0 Å². The van der Waals surface area contributed by atoms with Crippen LogP contribution < -0.4 is 10.1 Å². The number of aromatic nitrogens is 4. The maximum Gasteiger partial charge on any atom is 0.258 e. The highest BCUT2D eigenvalue weighted by Gasteiger charge is 2.18. The van der Waals surface area contributed by atoms with Crippen molar-refractivity contribution < 1.29 is 22.7 Å². The topological polar surface area (TPSA) is 81.9 Å². The molecule has 0 aliphatic carbocycles. The van der Waals surface area contributed by atoms with E-state index in [1.807, 2.05) is 0 Å². The molecule has 4 aromatic rings. The number of imidazole rings is 1. The molecular formula is C20H12F3N5O2. The Hall–Kier alpha value is -4.21. The van der Waals surface area contributed by atoms with Crippen molar-refractivity contribution in [3.8, 4) is 17.4 Å². The molecule has 4 rings (SSSR count). The number of nitrogens with one attached hydrogen (secondary N) is 1. The molecule has 30 heavy (non-hydrogen) atoms. The van der Waals surface area contributed by atoms with E-state index in [2.05, 4.69) is 20.5 Å². The summed E-state index contributed by atoms with van der Waals surface area (Å²) >= 11 is 0. The highest BCUT2D eigenvalue weighted by molar-refractivity contribution is 6.04. The third kappa shape index (κ3) is 3.97. The average molecular weight is 411 g/mol. The molecular weight excluding hydrogens is 399 g/mol. The van der Waals surface area contributed by atoms with Gasteiger partial charge in [0.25, 0.3) is 5.91 Å². The minimum Gasteiger partial charge on any atom is -0.438 e. The molecule has 0 bridgehead atoms. The zero-order chi connectivity index (χ0) is 21.1. The number of amides is 1. The minimum absolute atomic E-state index is 0.250. The van der Waals surface area contributed by atoms with Gasteiger partial charge in [-0.05, 0) is 42.5 Å². The number of carbonyl (C=O) groups excluding carboxylic acids is 1. The van der Waals surface area contributed by atoms with Gasteiger partial charge in [0.15, 0.2) is 23.3 Å². The van der Waals surface area contributed by atoms with E-state index < -0.39 is 28.9 Å². The third-order valence-electron chi connectivity index (χ3n) is 4.01. The van der Waals surface area contributed by atoms with E-state index in [1.54, 1.807) is 47.6 Å². The molecule has 0 saturated carbocycles. The van der Waals surface area contributed by atoms with Crippen LogP contribution in [-0.4, -0.2) is 25.7 Å². The summed E-state index contributed by atoms with van der Waals surface area (Å²) in [7, 11) is 0. The molecule has 0 atom stereocenters. The van der Waals surface area contributed by atoms with Crippen LogP contribution in [0.25, 0.3) is 5.82 Å². The van der Waals surface area contributed by atoms with Crippen LogP contribution >= 0.6 is 0 Å². The lowest BCUT2D eigenvalue weighted by molar-refractivity contribution is 0.102. The van der Waals surface area contributed by atoms with Gasteiger partial charge < -0.3 is 10.1 Å². The molecule has 1 N–H and O–H groups in total. The van der Waals surface area contributed by atoms with E-state index in [9.17, 15) is 18.0 Å². The molecule has 2 aromatic heterocycles. The van der Waals surface area contributed by atoms with E-state index in [4.69, 9.17) is 4.74 Å². The number of hydrogen-bond acceptors (Lipinski definition) is 5. The number of carbonyl (C=O) groups is 1. The van der Waals surface area contributed by atoms with Gasteiger partial charge in [0.2, 0.25) is 5.88 Å². The number of benzene rings is 2. The molecule has 7 nitrogen and oxygen atoms in total. The maximum absolute atomic E-state index is 13.7. The van der Waals surface area contributed by atoms with E-state index >= 15 is 0 Å². The highest BCUT2D eigenvalue weighted by atomic mass is 19.2. The standard InChI is InChI=1S/C20H12F3N5O2/c21-15-6-5-14(18(22)19(15)23)20(29)25-12-1-3-13(4-2-12)30-17-8-7-16(26-27-17)28-10-9-24-11-28/h1-11H,(H,25,29). The number of anilines is 1. The smallest absolute Gasteiger partial charge is 0.258 e. The first-order valence-electron chi connectivity index (χ1n) is 8.56. The fraction of sp³-hybridized carbons (Fsp3) is 0. The van der Waals surface area contributed by atoms with Crippen molar-refractivity contribution in [1.82, 2.24) is 19.7 Å². The Labute approximate surface area is 167 Å². The summed E-state index contributed by atoms with van der Waals surface area (Å²) in [4.78, 5) is 16.0. The van der Waals surface area contributed by atoms with Crippen molar-refractivity contribution >= 4 is 11.6 Å². The molecule has 2 heterocycles. The Kier molecular flexibility index (Phi) is 5.12. The summed E-state index contributed by atoms with van der Waals surface area (Å²) < 4.78 is 47.3. The zero-order valence-corrected chi connectivity index (χ0v) is 15.1. The molecule has 10 heteroatoms. The number of hydrogen-bond donors (Lipinski definition) is 1. The van der Waals surface area contributed by atoms with E-state index in [0.29, 0.717) is 23.3 Å². The quantitative estimate of drug-likeness (QED) is 0.500. The van der Waals surface area contributed by atoms with Crippen molar-refractivity contribution in [2.75, 3.05) is 5.32 Å². The first kappa shape index (κ1) is 19.1. The lowest BCUT2D eigenvalue weighted by Gasteiger charge is -2.09. The molecule has 1 amide bonds. The Morgan fingerprint density at radius 1 is 0.933 bits per heavy atom. The van der Waals surface area contributed by atoms with Crippen LogP contribution in [0.3, 0.4) is 0 Å². The second-order valence-corrected chi connectivity index (χ2v) is 6.00. The Balaban J connectivity index is 1.42. The average Bonchev–Trinajstić information content (AvgIpc) is 3.29. The van der Waals surface area contributed by atoms with Crippen molar-refractivity contribution in [3.05, 3.63) is 90.3 Å². The summed E-state index contributed by atoms with van der Waals surface area (Å²) in [5, 5.41) is 10.4. The lowest BCUT2D eigenvalue weighted by Crippen LogP contribution is -2.15. The van der Waals surface area contributed by atoms with Gasteiger partial charge in [-0.1, -0.05) is 0 Å². The third-order valence-corrected chi connectivity index (χ3v) is 4.01. The van der Waals surface area contributed by atoms with Crippen molar-refractivity contribution in [2.45, 2.75) is 0 Å². The van der Waals surface area contributed by atoms with E-state index in [0.717, 1.165) is 6.07 Å². The van der Waals surface area contributed by atoms with Crippen molar-refractivity contribution in [2.24, 2.45) is 0 Å². The van der Waals surface area contributed by atoms with Crippen LogP contribution in [0.4, 0.5) is 18.9 Å². The molecule has 2 aromatic carbocycles. The Morgan fingerprint density at radius 2 is 1.73 bits per heavy atom. The predicted molar refractivity (Wildman–Crippen MR) is 99.9 cm³/mol. The Morgan fingerprint density at radius 3 is 2.40 bits per heavy atom. The van der Waals surface area contributed by atoms with Crippen molar-refractivity contribution in [3.63, 3.8) is 0 Å². The summed E-state index contributed by atoms with van der Waals surface area (Å²) in [6.45, 7) is 0. The summed E-state index contributed by atoms with van der Waals surface area (Å²) in [5.74, 6) is -4.30. The van der Waals surface area contributed by atoms with Gasteiger partial charge >= 0.3 is 0 Å². The second kappa shape index (κ2) is 8.03. The predicted octanol–water partition coefficient (Wildman–Crippen LogP) is 4.12. The fourth-order valence-corrected chi connectivity index (χ4v) is 2.53. The first-order valence-corrected chi connectivity index (χ1v) is 8.56. The van der Waals surface area contributed by atoms with Gasteiger partial charge in [0.1, 0.15) is 12.1 Å². The summed E-state index contributed by atoms with van der Waals surface area (Å²) in [6, 6.07) is 11.0. The number of ether oxygens (including phenoxy) is 1. The van der Waals surface area contributed by atoms with Gasteiger partial charge in [-0.2, -0.15) is 0 Å². The zero-order valence-electron chi connectivity index (χ0n) is 15.1. The fourth-order valence-electron chi connectivity index (χ4n) is 2.53. The molecule has 0 unspecified atom stereocenters. The summed E-state index contributed by atoms with van der Waals surface area (Å²) in [5.41, 5.74) is -0.305. The molecule has 0 saturated heterocycles. The molecule has 0 spiro atoms. The molecule has 0 fully saturated rings. The van der Waals surface area contributed by atoms with Gasteiger partial charge in [0.05, 0.1) is 5.56 Å². The Bertz CT molecular complexity index is 1180. The van der Waals surface area contributed by atoms with Gasteiger partial charge in [0, 0.05) is 24.1 Å². The van der Waals surface area contributed by atoms with Crippen LogP contribution in [-0.2, 0) is 0 Å². The number of nitrogens with zero attached hydrogens (tertiary/aromatic N) is 4. The summed E-state index contributed by atoms with van der Waals surface area (Å²) in [6.07, 6.45) is 4.93. The van der Waals surface area contributed by atoms with Crippen LogP contribution in [0.5, 0.6) is 11.6 Å². The van der Waals surface area contributed by atoms with Crippen LogP contribution in [0.15, 0.2) is 67.3 Å². The van der Waals surface area contributed by atoms with Crippen LogP contribution in [0.1, 0.15) is 10.4 Å². The number of rotatable bonds is 5. The van der Waals surface area contributed by atoms with Crippen molar-refractivity contribution in [1.29, 1.82) is 0 Å². The molecule has 0 radical (unpaired) electrons. The molecule has 0 aliphatic heterocycles. The van der Waals surface area contributed by atoms with E-state index in [1.165, 1.54) is 12.1 Å². The maximum atomic E-state index is 13.7. The number of halogens is 3. The first-order chi connectivity index (χ1) is 14.5. The molecule has 0 aliphatic rings. The van der Waals surface area contributed by atoms with Gasteiger partial charge in [-0.15, -0.1) is 10.2 Å². The normalized spacial score (nSPS) is 10.6. The van der Waals surface area contributed by atoms with Gasteiger partial charge in [-0.3, -0.25) is 9.36 Å². The second-order valence-electron chi connectivity index (χ2n) is 6.00. The SMILES string of the molecule is O=C(Nc1ccc(Oc2ccc(-n3ccnc3)nn2)cc1)c1ccc(F)c(F)c1F. The monoisotopic (exact) mass is 411 g/mol. The lowest BCUT2D eigenvalue weighted by atomic mass is 10.1. The largest absolute Gasteiger partial charge is 0.438 e. The molecule has 150 valence electrons. The highest BCUT2D eigenvalue weighted by Crippen LogP contribution is 2.22. The van der Waals surface area contributed by atoms with Gasteiger partial charge in [-0.25, -0.2) is 18.2 Å². The minimum atomic E-state index is -1.70. The van der Waals surface area contributed by atoms with E-state index in [-0.39, 0.29) is 5.88 Å². The van der Waals surface area contributed by atoms with Crippen LogP contribution in [0, 0.1) is 17.5 Å².